The number of Topliss-reactive ketones (excluding diaryl/α,β-unsaturated/α-hetero) is 1. The van der Waals surface area contributed by atoms with Gasteiger partial charge in [-0.25, -0.2) is 0 Å². The van der Waals surface area contributed by atoms with E-state index in [0.717, 1.165) is 36.0 Å². The summed E-state index contributed by atoms with van der Waals surface area (Å²) in [4.78, 5) is 12.5. The quantitative estimate of drug-likeness (QED) is 0.517. The van der Waals surface area contributed by atoms with Crippen LogP contribution in [0.4, 0.5) is 0 Å². The van der Waals surface area contributed by atoms with E-state index < -0.39 is 0 Å². The Labute approximate surface area is 167 Å². The summed E-state index contributed by atoms with van der Waals surface area (Å²) in [7, 11) is 0. The molecule has 0 aromatic heterocycles. The Morgan fingerprint density at radius 3 is 2.59 bits per heavy atom. The molecular formula is C26H40O. The highest BCUT2D eigenvalue weighted by Crippen LogP contribution is 2.68. The van der Waals surface area contributed by atoms with Crippen LogP contribution in [0, 0.1) is 64.1 Å². The highest BCUT2D eigenvalue weighted by molar-refractivity contribution is 5.82. The molecule has 1 heteroatoms. The largest absolute Gasteiger partial charge is 0.299 e. The lowest BCUT2D eigenvalue weighted by molar-refractivity contribution is -0.141. The zero-order chi connectivity index (χ0) is 19.4. The maximum absolute atomic E-state index is 12.5. The molecule has 4 rings (SSSR count). The van der Waals surface area contributed by atoms with Crippen LogP contribution in [-0.4, -0.2) is 5.78 Å². The van der Waals surface area contributed by atoms with Crippen molar-refractivity contribution in [2.75, 3.05) is 0 Å². The van der Waals surface area contributed by atoms with E-state index >= 15 is 0 Å². The van der Waals surface area contributed by atoms with Crippen molar-refractivity contribution in [3.05, 3.63) is 0 Å². The van der Waals surface area contributed by atoms with Crippen LogP contribution in [0.15, 0.2) is 0 Å². The van der Waals surface area contributed by atoms with Gasteiger partial charge in [-0.05, 0) is 91.8 Å². The van der Waals surface area contributed by atoms with Crippen LogP contribution < -0.4 is 0 Å². The van der Waals surface area contributed by atoms with Gasteiger partial charge in [0.05, 0.1) is 5.92 Å². The standard InChI is InChI=1S/C26H40O/c1-6-8-17(2)21-13-14-23-20-12-11-19-9-7-10-22(18(3)27)26(19,5)24(20)15-16-25(21,23)4/h17,19-24H,6,8-9,11-16H2,1-5H3/t17-,19?,20+,21-,22?,23+,24+,25-,26-/m1/s1. The summed E-state index contributed by atoms with van der Waals surface area (Å²) in [6, 6.07) is 0. The minimum atomic E-state index is -0.00961. The second-order valence-electron chi connectivity index (χ2n) is 11.1. The zero-order valence-corrected chi connectivity index (χ0v) is 18.3. The van der Waals surface area contributed by atoms with Crippen molar-refractivity contribution in [2.45, 2.75) is 92.4 Å². The Kier molecular flexibility index (Phi) is 5.02. The average molecular weight is 369 g/mol. The molecule has 150 valence electrons. The van der Waals surface area contributed by atoms with E-state index in [1.54, 1.807) is 6.92 Å². The number of carbonyl (C=O) groups is 1. The molecule has 4 aliphatic rings. The first-order valence-electron chi connectivity index (χ1n) is 11.8. The van der Waals surface area contributed by atoms with Gasteiger partial charge in [0, 0.05) is 6.42 Å². The Bertz CT molecular complexity index is 653. The van der Waals surface area contributed by atoms with Gasteiger partial charge in [0.1, 0.15) is 5.78 Å². The molecule has 9 atom stereocenters. The van der Waals surface area contributed by atoms with E-state index in [0.29, 0.717) is 17.1 Å². The molecule has 0 aromatic rings. The molecule has 0 N–H and O–H groups in total. The summed E-state index contributed by atoms with van der Waals surface area (Å²) < 4.78 is 0. The zero-order valence-electron chi connectivity index (χ0n) is 18.3. The smallest absolute Gasteiger partial charge is 0.145 e. The van der Waals surface area contributed by atoms with Crippen molar-refractivity contribution in [3.8, 4) is 11.8 Å². The van der Waals surface area contributed by atoms with E-state index in [9.17, 15) is 4.79 Å². The van der Waals surface area contributed by atoms with Crippen LogP contribution in [0.1, 0.15) is 92.4 Å². The molecule has 0 radical (unpaired) electrons. The third-order valence-electron chi connectivity index (χ3n) is 10.1. The van der Waals surface area contributed by atoms with Gasteiger partial charge in [-0.2, -0.15) is 0 Å². The van der Waals surface area contributed by atoms with Crippen LogP contribution in [0.3, 0.4) is 0 Å². The molecule has 0 bridgehead atoms. The van der Waals surface area contributed by atoms with E-state index in [-0.39, 0.29) is 11.3 Å². The summed E-state index contributed by atoms with van der Waals surface area (Å²) in [5.41, 5.74) is 0.680. The number of rotatable bonds is 4. The van der Waals surface area contributed by atoms with Crippen molar-refractivity contribution in [2.24, 2.45) is 52.3 Å². The van der Waals surface area contributed by atoms with Crippen molar-refractivity contribution < 1.29 is 4.79 Å². The molecule has 4 aliphatic carbocycles. The van der Waals surface area contributed by atoms with Crippen molar-refractivity contribution in [3.63, 3.8) is 0 Å². The normalized spacial score (nSPS) is 49.2. The van der Waals surface area contributed by atoms with Crippen LogP contribution in [0.5, 0.6) is 0 Å². The first-order valence-corrected chi connectivity index (χ1v) is 11.8. The molecule has 3 fully saturated rings. The molecule has 2 unspecified atom stereocenters. The Hall–Kier alpha value is -0.770. The Morgan fingerprint density at radius 1 is 1.11 bits per heavy atom. The molecule has 1 nitrogen and oxygen atoms in total. The van der Waals surface area contributed by atoms with Crippen LogP contribution >= 0.6 is 0 Å². The fraction of sp³-hybridized carbons (Fsp3) is 0.885. The molecule has 0 spiro atoms. The van der Waals surface area contributed by atoms with Gasteiger partial charge in [0.2, 0.25) is 0 Å². The second-order valence-corrected chi connectivity index (χ2v) is 11.1. The van der Waals surface area contributed by atoms with Gasteiger partial charge in [0.25, 0.3) is 0 Å². The Morgan fingerprint density at radius 2 is 1.89 bits per heavy atom. The minimum Gasteiger partial charge on any atom is -0.299 e. The minimum absolute atomic E-state index is 0.00961. The van der Waals surface area contributed by atoms with Gasteiger partial charge in [-0.1, -0.05) is 46.5 Å². The summed E-state index contributed by atoms with van der Waals surface area (Å²) in [6.07, 6.45) is 12.1. The lowest BCUT2D eigenvalue weighted by Crippen LogP contribution is -2.56. The second kappa shape index (κ2) is 6.93. The number of ketones is 1. The first kappa shape index (κ1) is 19.5. The number of hydrogen-bond acceptors (Lipinski definition) is 1. The molecule has 0 heterocycles. The lowest BCUT2D eigenvalue weighted by atomic mass is 9.43. The van der Waals surface area contributed by atoms with Crippen LogP contribution in [0.2, 0.25) is 0 Å². The van der Waals surface area contributed by atoms with Gasteiger partial charge in [0.15, 0.2) is 0 Å². The summed E-state index contributed by atoms with van der Waals surface area (Å²) in [6.45, 7) is 11.8. The van der Waals surface area contributed by atoms with E-state index in [1.807, 2.05) is 0 Å². The average Bonchev–Trinajstić information content (AvgIpc) is 2.98. The molecule has 0 aliphatic heterocycles. The van der Waals surface area contributed by atoms with Gasteiger partial charge >= 0.3 is 0 Å². The third-order valence-corrected chi connectivity index (χ3v) is 10.1. The Balaban J connectivity index is 1.64. The summed E-state index contributed by atoms with van der Waals surface area (Å²) in [5, 5.41) is 0. The maximum atomic E-state index is 12.5. The molecule has 3 saturated carbocycles. The number of hydrogen-bond donors (Lipinski definition) is 0. The van der Waals surface area contributed by atoms with Crippen LogP contribution in [-0.2, 0) is 4.79 Å². The van der Waals surface area contributed by atoms with Gasteiger partial charge < -0.3 is 0 Å². The fourth-order valence-corrected chi connectivity index (χ4v) is 8.85. The highest BCUT2D eigenvalue weighted by atomic mass is 16.1. The van der Waals surface area contributed by atoms with Crippen LogP contribution in [0.25, 0.3) is 0 Å². The van der Waals surface area contributed by atoms with E-state index in [4.69, 9.17) is 0 Å². The fourth-order valence-electron chi connectivity index (χ4n) is 8.85. The van der Waals surface area contributed by atoms with Gasteiger partial charge in [-0.15, -0.1) is 5.92 Å². The maximum Gasteiger partial charge on any atom is 0.145 e. The lowest BCUT2D eigenvalue weighted by Gasteiger charge is -2.61. The molecule has 27 heavy (non-hydrogen) atoms. The van der Waals surface area contributed by atoms with E-state index in [1.165, 1.54) is 51.4 Å². The number of carbonyl (C=O) groups excluding carboxylic acids is 1. The topological polar surface area (TPSA) is 17.1 Å². The monoisotopic (exact) mass is 368 g/mol. The predicted octanol–water partition coefficient (Wildman–Crippen LogP) is 6.51. The summed E-state index contributed by atoms with van der Waals surface area (Å²) in [5.74, 6) is 12.0. The third kappa shape index (κ3) is 2.76. The van der Waals surface area contributed by atoms with E-state index in [2.05, 4.69) is 39.5 Å². The molecule has 0 amide bonds. The first-order chi connectivity index (χ1) is 12.8. The highest BCUT2D eigenvalue weighted by Gasteiger charge is 2.62. The van der Waals surface area contributed by atoms with Crippen molar-refractivity contribution >= 4 is 5.78 Å². The van der Waals surface area contributed by atoms with Crippen molar-refractivity contribution in [1.82, 2.24) is 0 Å². The number of fused-ring (bicyclic) bond motifs is 5. The van der Waals surface area contributed by atoms with Gasteiger partial charge in [-0.3, -0.25) is 4.79 Å². The molecule has 0 aromatic carbocycles. The van der Waals surface area contributed by atoms with Crippen molar-refractivity contribution in [1.29, 1.82) is 0 Å². The predicted molar refractivity (Wildman–Crippen MR) is 112 cm³/mol. The SMILES string of the molecule is CCC[C@@H](C)[C@H]1CC[C@H]2[C@@H]3CCC4CC#CC(C(C)=O)[C@]4(C)[C@H]3CC[C@]12C. The summed E-state index contributed by atoms with van der Waals surface area (Å²) >= 11 is 0. The molecular weight excluding hydrogens is 328 g/mol. The molecule has 0 saturated heterocycles.